The lowest BCUT2D eigenvalue weighted by atomic mass is 10.0. The Balaban J connectivity index is 1.72. The molecule has 0 spiro atoms. The highest BCUT2D eigenvalue weighted by Gasteiger charge is 2.39. The molecule has 2 atom stereocenters. The molecule has 12 heteroatoms. The van der Waals surface area contributed by atoms with Crippen LogP contribution >= 0.6 is 11.6 Å². The number of anilines is 2. The number of aromatic hydroxyl groups is 1. The summed E-state index contributed by atoms with van der Waals surface area (Å²) in [5, 5.41) is 14.4. The number of phenols is 1. The van der Waals surface area contributed by atoms with Gasteiger partial charge in [-0.25, -0.2) is 18.7 Å². The summed E-state index contributed by atoms with van der Waals surface area (Å²) in [6.07, 6.45) is 2.96. The molecule has 2 aliphatic rings. The van der Waals surface area contributed by atoms with Crippen molar-refractivity contribution in [2.75, 3.05) is 29.9 Å². The molecule has 43 heavy (non-hydrogen) atoms. The van der Waals surface area contributed by atoms with Crippen LogP contribution in [0.5, 0.6) is 5.75 Å². The van der Waals surface area contributed by atoms with Crippen molar-refractivity contribution in [1.82, 2.24) is 24.4 Å². The average Bonchev–Trinajstić information content (AvgIpc) is 3.12. The van der Waals surface area contributed by atoms with Gasteiger partial charge in [-0.3, -0.25) is 9.78 Å². The van der Waals surface area contributed by atoms with Crippen LogP contribution < -0.4 is 15.9 Å². The molecule has 2 unspecified atom stereocenters. The summed E-state index contributed by atoms with van der Waals surface area (Å²) >= 11 is 6.48. The minimum absolute atomic E-state index is 0.00400. The van der Waals surface area contributed by atoms with Crippen molar-refractivity contribution in [3.63, 3.8) is 0 Å². The Morgan fingerprint density at radius 2 is 2.02 bits per heavy atom. The lowest BCUT2D eigenvalue weighted by Crippen LogP contribution is -2.60. The van der Waals surface area contributed by atoms with E-state index in [9.17, 15) is 14.7 Å². The van der Waals surface area contributed by atoms with Gasteiger partial charge < -0.3 is 20.2 Å². The van der Waals surface area contributed by atoms with Gasteiger partial charge in [0.05, 0.1) is 39.1 Å². The highest BCUT2D eigenvalue weighted by Crippen LogP contribution is 2.44. The molecule has 1 saturated heterocycles. The van der Waals surface area contributed by atoms with E-state index in [1.165, 1.54) is 22.8 Å². The summed E-state index contributed by atoms with van der Waals surface area (Å²) in [7, 11) is 0. The van der Waals surface area contributed by atoms with Crippen LogP contribution in [0.1, 0.15) is 37.9 Å². The molecule has 0 bridgehead atoms. The Hall–Kier alpha value is -4.51. The maximum Gasteiger partial charge on any atom is 0.355 e. The quantitative estimate of drug-likeness (QED) is 0.320. The van der Waals surface area contributed by atoms with Crippen LogP contribution in [0, 0.1) is 12.7 Å². The largest absolute Gasteiger partial charge is 0.507 e. The number of fused-ring (bicyclic) bond motifs is 2. The number of aromatic nitrogens is 4. The minimum Gasteiger partial charge on any atom is -0.507 e. The number of rotatable bonds is 4. The fraction of sp³-hybridized carbons (Fsp3) is 0.323. The van der Waals surface area contributed by atoms with Gasteiger partial charge in [0, 0.05) is 31.9 Å². The van der Waals surface area contributed by atoms with Crippen molar-refractivity contribution in [3.05, 3.63) is 75.7 Å². The second-order valence-corrected chi connectivity index (χ2v) is 11.7. The summed E-state index contributed by atoms with van der Waals surface area (Å²) < 4.78 is 18.0. The van der Waals surface area contributed by atoms with Crippen LogP contribution in [-0.2, 0) is 4.79 Å². The Bertz CT molecular complexity index is 1850. The van der Waals surface area contributed by atoms with Gasteiger partial charge in [0.1, 0.15) is 17.3 Å². The third kappa shape index (κ3) is 4.50. The minimum atomic E-state index is -0.747. The fourth-order valence-corrected chi connectivity index (χ4v) is 6.36. The van der Waals surface area contributed by atoms with Gasteiger partial charge in [-0.1, -0.05) is 38.1 Å². The Morgan fingerprint density at radius 1 is 1.26 bits per heavy atom. The molecule has 222 valence electrons. The SMILES string of the molecule is C=CC(=O)N1CC2CNc3c(F)c(-c4c(O)cccc4Cl)nc4c3c(nc(=O)n4-c3c(C)ccnc3C(C)C)N2CC1C. The maximum atomic E-state index is 16.7. The first-order valence-electron chi connectivity index (χ1n) is 14.1. The smallest absolute Gasteiger partial charge is 0.355 e. The highest BCUT2D eigenvalue weighted by atomic mass is 35.5. The van der Waals surface area contributed by atoms with E-state index in [0.29, 0.717) is 29.9 Å². The van der Waals surface area contributed by atoms with Gasteiger partial charge in [0.25, 0.3) is 0 Å². The number of nitrogens with one attached hydrogen (secondary N) is 1. The van der Waals surface area contributed by atoms with Crippen molar-refractivity contribution in [2.24, 2.45) is 0 Å². The van der Waals surface area contributed by atoms with E-state index in [1.54, 1.807) is 23.2 Å². The van der Waals surface area contributed by atoms with Gasteiger partial charge in [-0.2, -0.15) is 4.98 Å². The molecule has 1 amide bonds. The van der Waals surface area contributed by atoms with Crippen molar-refractivity contribution < 1.29 is 14.3 Å². The number of benzene rings is 1. The number of hydrogen-bond acceptors (Lipinski definition) is 8. The molecule has 6 rings (SSSR count). The molecule has 2 aliphatic heterocycles. The second-order valence-electron chi connectivity index (χ2n) is 11.3. The van der Waals surface area contributed by atoms with E-state index in [4.69, 9.17) is 16.6 Å². The van der Waals surface area contributed by atoms with E-state index >= 15 is 4.39 Å². The van der Waals surface area contributed by atoms with Crippen LogP contribution in [0.4, 0.5) is 15.9 Å². The number of halogens is 2. The maximum absolute atomic E-state index is 16.7. The Kier molecular flexibility index (Phi) is 7.08. The lowest BCUT2D eigenvalue weighted by Gasteiger charge is -2.45. The number of nitrogens with zero attached hydrogens (tertiary/aromatic N) is 6. The molecule has 10 nitrogen and oxygen atoms in total. The van der Waals surface area contributed by atoms with Crippen LogP contribution in [0.3, 0.4) is 0 Å². The third-order valence-electron chi connectivity index (χ3n) is 8.19. The van der Waals surface area contributed by atoms with Crippen LogP contribution in [0.15, 0.2) is 47.9 Å². The standard InChI is InChI=1S/C31H31ClFN7O3/c1-6-21(42)38-14-18-12-35-26-23-29(39(18)13-17(38)5)37-31(43)40(28-16(4)10-11-34-25(28)15(2)3)30(23)36-27(24(26)33)22-19(32)8-7-9-20(22)41/h6-11,15,17-18,35,41H,1,12-14H2,2-5H3. The highest BCUT2D eigenvalue weighted by molar-refractivity contribution is 6.33. The third-order valence-corrected chi connectivity index (χ3v) is 8.50. The van der Waals surface area contributed by atoms with Crippen LogP contribution in [0.25, 0.3) is 28.0 Å². The Morgan fingerprint density at radius 3 is 2.72 bits per heavy atom. The number of phenolic OH excluding ortho intramolecular Hbond substituents is 1. The molecular formula is C31H31ClFN7O3. The van der Waals surface area contributed by atoms with E-state index in [2.05, 4.69) is 21.9 Å². The van der Waals surface area contributed by atoms with E-state index < -0.39 is 11.5 Å². The van der Waals surface area contributed by atoms with E-state index in [-0.39, 0.29) is 69.6 Å². The molecule has 3 aromatic heterocycles. The van der Waals surface area contributed by atoms with Gasteiger partial charge >= 0.3 is 5.69 Å². The van der Waals surface area contributed by atoms with Gasteiger partial charge in [-0.05, 0) is 49.6 Å². The monoisotopic (exact) mass is 603 g/mol. The molecule has 0 aliphatic carbocycles. The fourth-order valence-electron chi connectivity index (χ4n) is 6.10. The average molecular weight is 604 g/mol. The van der Waals surface area contributed by atoms with Gasteiger partial charge in [0.15, 0.2) is 11.5 Å². The first kappa shape index (κ1) is 28.6. The number of piperazine rings is 1. The van der Waals surface area contributed by atoms with E-state index in [1.807, 2.05) is 32.6 Å². The first-order chi connectivity index (χ1) is 20.5. The molecule has 1 fully saturated rings. The number of pyridine rings is 2. The molecule has 0 saturated carbocycles. The van der Waals surface area contributed by atoms with Crippen molar-refractivity contribution in [2.45, 2.75) is 45.7 Å². The predicted octanol–water partition coefficient (Wildman–Crippen LogP) is 4.79. The summed E-state index contributed by atoms with van der Waals surface area (Å²) in [5.41, 5.74) is 1.32. The summed E-state index contributed by atoms with van der Waals surface area (Å²) in [4.78, 5) is 44.3. The van der Waals surface area contributed by atoms with Crippen LogP contribution in [0.2, 0.25) is 5.02 Å². The van der Waals surface area contributed by atoms with Crippen molar-refractivity contribution >= 4 is 40.0 Å². The molecule has 5 heterocycles. The van der Waals surface area contributed by atoms with E-state index in [0.717, 1.165) is 5.56 Å². The zero-order valence-corrected chi connectivity index (χ0v) is 25.0. The summed E-state index contributed by atoms with van der Waals surface area (Å²) in [6.45, 7) is 12.2. The number of amides is 1. The first-order valence-corrected chi connectivity index (χ1v) is 14.4. The van der Waals surface area contributed by atoms with Gasteiger partial charge in [-0.15, -0.1) is 0 Å². The number of carbonyl (C=O) groups is 1. The summed E-state index contributed by atoms with van der Waals surface area (Å²) in [5.74, 6) is -0.999. The van der Waals surface area contributed by atoms with Crippen molar-refractivity contribution in [3.8, 4) is 22.7 Å². The van der Waals surface area contributed by atoms with Gasteiger partial charge in [0.2, 0.25) is 5.91 Å². The molecular weight excluding hydrogens is 573 g/mol. The molecule has 4 aromatic rings. The predicted molar refractivity (Wildman–Crippen MR) is 165 cm³/mol. The molecule has 1 aromatic carbocycles. The van der Waals surface area contributed by atoms with Crippen molar-refractivity contribution in [1.29, 1.82) is 0 Å². The zero-order valence-electron chi connectivity index (χ0n) is 24.2. The Labute approximate surface area is 252 Å². The topological polar surface area (TPSA) is 116 Å². The zero-order chi connectivity index (χ0) is 30.7. The molecule has 0 radical (unpaired) electrons. The second kappa shape index (κ2) is 10.6. The summed E-state index contributed by atoms with van der Waals surface area (Å²) in [6, 6.07) is 5.72. The normalized spacial score (nSPS) is 17.9. The number of carbonyl (C=O) groups excluding carboxylic acids is 1. The van der Waals surface area contributed by atoms with Crippen LogP contribution in [-0.4, -0.2) is 67.2 Å². The lowest BCUT2D eigenvalue weighted by molar-refractivity contribution is -0.128. The number of aryl methyl sites for hydroxylation is 1. The number of hydrogen-bond donors (Lipinski definition) is 2. The molecule has 2 N–H and O–H groups in total.